The maximum Gasteiger partial charge on any atom is 0.0878 e. The van der Waals surface area contributed by atoms with Crippen molar-refractivity contribution >= 4 is 10.9 Å². The summed E-state index contributed by atoms with van der Waals surface area (Å²) in [6, 6.07) is 8.14. The van der Waals surface area contributed by atoms with Gasteiger partial charge in [0, 0.05) is 12.4 Å². The van der Waals surface area contributed by atoms with Gasteiger partial charge in [0.1, 0.15) is 0 Å². The highest BCUT2D eigenvalue weighted by Gasteiger charge is 2.23. The van der Waals surface area contributed by atoms with Crippen molar-refractivity contribution in [2.24, 2.45) is 7.05 Å². The van der Waals surface area contributed by atoms with E-state index in [1.165, 1.54) is 0 Å². The van der Waals surface area contributed by atoms with E-state index in [4.69, 9.17) is 6.42 Å². The number of hydrogen-bond acceptors (Lipinski definition) is 1. The van der Waals surface area contributed by atoms with Crippen molar-refractivity contribution in [3.63, 3.8) is 0 Å². The van der Waals surface area contributed by atoms with Crippen molar-refractivity contribution in [2.45, 2.75) is 19.3 Å². The molecule has 0 aliphatic heterocycles. The van der Waals surface area contributed by atoms with Gasteiger partial charge in [-0.1, -0.05) is 24.1 Å². The molecule has 0 unspecified atom stereocenters. The van der Waals surface area contributed by atoms with Crippen LogP contribution >= 0.6 is 0 Å². The number of rotatable bonds is 1. The Kier molecular flexibility index (Phi) is 2.04. The fraction of sp³-hybridized carbons (Fsp3) is 0.308. The summed E-state index contributed by atoms with van der Waals surface area (Å²) in [5, 5.41) is 5.65. The van der Waals surface area contributed by atoms with E-state index in [-0.39, 0.29) is 5.41 Å². The average molecular weight is 198 g/mol. The number of hydrogen-bond donors (Lipinski definition) is 0. The van der Waals surface area contributed by atoms with E-state index in [1.54, 1.807) is 0 Å². The molecule has 0 bridgehead atoms. The molecule has 0 atom stereocenters. The lowest BCUT2D eigenvalue weighted by Crippen LogP contribution is -2.15. The van der Waals surface area contributed by atoms with Crippen molar-refractivity contribution in [3.8, 4) is 12.3 Å². The smallest absolute Gasteiger partial charge is 0.0878 e. The monoisotopic (exact) mass is 198 g/mol. The van der Waals surface area contributed by atoms with Gasteiger partial charge in [0.05, 0.1) is 16.6 Å². The maximum atomic E-state index is 5.54. The molecule has 0 saturated heterocycles. The Morgan fingerprint density at radius 3 is 2.67 bits per heavy atom. The zero-order chi connectivity index (χ0) is 11.1. The summed E-state index contributed by atoms with van der Waals surface area (Å²) in [4.78, 5) is 0. The second-order valence-electron chi connectivity index (χ2n) is 4.26. The van der Waals surface area contributed by atoms with Gasteiger partial charge in [0.15, 0.2) is 0 Å². The Bertz CT molecular complexity index is 541. The molecule has 2 aromatic rings. The van der Waals surface area contributed by atoms with Crippen LogP contribution in [0.1, 0.15) is 19.5 Å². The van der Waals surface area contributed by atoms with Gasteiger partial charge in [-0.2, -0.15) is 5.10 Å². The van der Waals surface area contributed by atoms with Gasteiger partial charge in [0.25, 0.3) is 0 Å². The van der Waals surface area contributed by atoms with E-state index in [1.807, 2.05) is 37.7 Å². The van der Waals surface area contributed by atoms with Crippen molar-refractivity contribution < 1.29 is 0 Å². The average Bonchev–Trinajstić information content (AvgIpc) is 2.58. The predicted molar refractivity (Wildman–Crippen MR) is 62.6 cm³/mol. The number of fused-ring (bicyclic) bond motifs is 1. The third kappa shape index (κ3) is 1.41. The predicted octanol–water partition coefficient (Wildman–Crippen LogP) is 2.48. The highest BCUT2D eigenvalue weighted by molar-refractivity contribution is 5.83. The summed E-state index contributed by atoms with van der Waals surface area (Å²) in [5.74, 6) is 2.79. The molecule has 0 fully saturated rings. The summed E-state index contributed by atoms with van der Waals surface area (Å²) in [6.07, 6.45) is 5.54. The Morgan fingerprint density at radius 2 is 2.00 bits per heavy atom. The Morgan fingerprint density at radius 1 is 1.33 bits per heavy atom. The van der Waals surface area contributed by atoms with Crippen molar-refractivity contribution in [2.75, 3.05) is 0 Å². The lowest BCUT2D eigenvalue weighted by atomic mass is 9.88. The number of aryl methyl sites for hydroxylation is 1. The van der Waals surface area contributed by atoms with Gasteiger partial charge in [-0.3, -0.25) is 4.68 Å². The standard InChI is InChI=1S/C13H14N2/c1-5-13(2,3)12-10-8-6-7-9-11(10)15(4)14-12/h1,6-9H,2-4H3. The molecule has 2 heteroatoms. The molecule has 2 nitrogen and oxygen atoms in total. The van der Waals surface area contributed by atoms with Gasteiger partial charge in [-0.25, -0.2) is 0 Å². The summed E-state index contributed by atoms with van der Waals surface area (Å²) in [5.41, 5.74) is 1.78. The van der Waals surface area contributed by atoms with Gasteiger partial charge < -0.3 is 0 Å². The molecule has 1 heterocycles. The quantitative estimate of drug-likeness (QED) is 0.644. The fourth-order valence-electron chi connectivity index (χ4n) is 1.74. The minimum Gasteiger partial charge on any atom is -0.268 e. The first-order valence-electron chi connectivity index (χ1n) is 4.96. The third-order valence-electron chi connectivity index (χ3n) is 2.71. The molecule has 1 aromatic carbocycles. The van der Waals surface area contributed by atoms with Gasteiger partial charge >= 0.3 is 0 Å². The molecule has 76 valence electrons. The van der Waals surface area contributed by atoms with Crippen LogP contribution in [0.4, 0.5) is 0 Å². The normalized spacial score (nSPS) is 11.6. The lowest BCUT2D eigenvalue weighted by molar-refractivity contribution is 0.642. The fourth-order valence-corrected chi connectivity index (χ4v) is 1.74. The first-order chi connectivity index (χ1) is 7.06. The van der Waals surface area contributed by atoms with E-state index < -0.39 is 0 Å². The molecule has 0 aliphatic rings. The summed E-state index contributed by atoms with van der Waals surface area (Å²) < 4.78 is 1.88. The third-order valence-corrected chi connectivity index (χ3v) is 2.71. The summed E-state index contributed by atoms with van der Waals surface area (Å²) in [6.45, 7) is 4.03. The lowest BCUT2D eigenvalue weighted by Gasteiger charge is -2.14. The molecule has 0 spiro atoms. The molecule has 0 aliphatic carbocycles. The van der Waals surface area contributed by atoms with Crippen LogP contribution in [0, 0.1) is 12.3 Å². The zero-order valence-electron chi connectivity index (χ0n) is 9.28. The largest absolute Gasteiger partial charge is 0.268 e. The second-order valence-corrected chi connectivity index (χ2v) is 4.26. The number of nitrogens with zero attached hydrogens (tertiary/aromatic N) is 2. The molecule has 0 saturated carbocycles. The molecular weight excluding hydrogens is 184 g/mol. The number of para-hydroxylation sites is 1. The number of benzene rings is 1. The van der Waals surface area contributed by atoms with Crippen molar-refractivity contribution in [1.82, 2.24) is 9.78 Å². The number of terminal acetylenes is 1. The Hall–Kier alpha value is -1.75. The summed E-state index contributed by atoms with van der Waals surface area (Å²) >= 11 is 0. The van der Waals surface area contributed by atoms with Crippen LogP contribution in [-0.4, -0.2) is 9.78 Å². The van der Waals surface area contributed by atoms with Crippen molar-refractivity contribution in [3.05, 3.63) is 30.0 Å². The van der Waals surface area contributed by atoms with Crippen LogP contribution in [0.3, 0.4) is 0 Å². The molecule has 0 amide bonds. The topological polar surface area (TPSA) is 17.8 Å². The Labute approximate surface area is 89.9 Å². The number of aromatic nitrogens is 2. The molecular formula is C13H14N2. The van der Waals surface area contributed by atoms with E-state index in [2.05, 4.69) is 23.2 Å². The van der Waals surface area contributed by atoms with Crippen LogP contribution in [0.25, 0.3) is 10.9 Å². The van der Waals surface area contributed by atoms with Crippen LogP contribution in [0.15, 0.2) is 24.3 Å². The van der Waals surface area contributed by atoms with Gasteiger partial charge in [0.2, 0.25) is 0 Å². The SMILES string of the molecule is C#CC(C)(C)c1nn(C)c2ccccc12. The van der Waals surface area contributed by atoms with Crippen LogP contribution in [0.2, 0.25) is 0 Å². The first-order valence-corrected chi connectivity index (χ1v) is 4.96. The molecule has 0 radical (unpaired) electrons. The minimum atomic E-state index is -0.319. The van der Waals surface area contributed by atoms with Gasteiger partial charge in [-0.05, 0) is 19.9 Å². The summed E-state index contributed by atoms with van der Waals surface area (Å²) in [7, 11) is 1.94. The highest BCUT2D eigenvalue weighted by atomic mass is 15.3. The maximum absolute atomic E-state index is 5.54. The second kappa shape index (κ2) is 3.13. The Balaban J connectivity index is 2.80. The van der Waals surface area contributed by atoms with Crippen LogP contribution in [-0.2, 0) is 12.5 Å². The van der Waals surface area contributed by atoms with E-state index in [0.717, 1.165) is 16.6 Å². The van der Waals surface area contributed by atoms with Crippen LogP contribution in [0.5, 0.6) is 0 Å². The molecule has 1 aromatic heterocycles. The van der Waals surface area contributed by atoms with E-state index >= 15 is 0 Å². The zero-order valence-corrected chi connectivity index (χ0v) is 9.28. The van der Waals surface area contributed by atoms with Gasteiger partial charge in [-0.15, -0.1) is 6.42 Å². The van der Waals surface area contributed by atoms with Crippen molar-refractivity contribution in [1.29, 1.82) is 0 Å². The van der Waals surface area contributed by atoms with Crippen LogP contribution < -0.4 is 0 Å². The van der Waals surface area contributed by atoms with E-state index in [0.29, 0.717) is 0 Å². The molecule has 2 rings (SSSR count). The minimum absolute atomic E-state index is 0.319. The molecule has 0 N–H and O–H groups in total. The first kappa shape index (κ1) is 9.79. The van der Waals surface area contributed by atoms with E-state index in [9.17, 15) is 0 Å². The molecule has 15 heavy (non-hydrogen) atoms. The highest BCUT2D eigenvalue weighted by Crippen LogP contribution is 2.28.